The molecule has 0 aliphatic rings. The summed E-state index contributed by atoms with van der Waals surface area (Å²) in [5, 5.41) is 12.2. The molecule has 0 unspecified atom stereocenters. The number of nitrogens with zero attached hydrogens (tertiary/aromatic N) is 2. The van der Waals surface area contributed by atoms with E-state index >= 15 is 0 Å². The van der Waals surface area contributed by atoms with E-state index in [4.69, 9.17) is 19.2 Å². The fourth-order valence-corrected chi connectivity index (χ4v) is 1.79. The molecule has 1 heterocycles. The number of rotatable bonds is 7. The van der Waals surface area contributed by atoms with Crippen LogP contribution >= 0.6 is 0 Å². The Bertz CT molecular complexity index is 614. The molecule has 0 fully saturated rings. The Kier molecular flexibility index (Phi) is 5.18. The molecule has 0 radical (unpaired) electrons. The molecule has 0 spiro atoms. The molecule has 6 heteroatoms. The van der Waals surface area contributed by atoms with Crippen LogP contribution in [0.5, 0.6) is 5.75 Å². The van der Waals surface area contributed by atoms with Gasteiger partial charge in [-0.25, -0.2) is 0 Å². The minimum absolute atomic E-state index is 0.248. The van der Waals surface area contributed by atoms with E-state index in [-0.39, 0.29) is 5.69 Å². The van der Waals surface area contributed by atoms with Gasteiger partial charge < -0.3 is 19.2 Å². The minimum atomic E-state index is 0.248. The van der Waals surface area contributed by atoms with Crippen molar-refractivity contribution in [2.75, 3.05) is 32.7 Å². The molecule has 1 aromatic carbocycles. The zero-order valence-electron chi connectivity index (χ0n) is 12.0. The summed E-state index contributed by atoms with van der Waals surface area (Å²) in [4.78, 5) is 4.19. The molecule has 0 amide bonds. The second-order valence-electron chi connectivity index (χ2n) is 4.31. The molecule has 1 N–H and O–H groups in total. The van der Waals surface area contributed by atoms with Crippen molar-refractivity contribution in [2.45, 2.75) is 6.42 Å². The Labute approximate surface area is 123 Å². The molecule has 0 bridgehead atoms. The Morgan fingerprint density at radius 1 is 1.29 bits per heavy atom. The largest absolute Gasteiger partial charge is 0.497 e. The SMILES string of the molecule is COCCCNc1oc(-c2ccc(OC)cc2)nc1C#N. The van der Waals surface area contributed by atoms with Crippen LogP contribution in [0.1, 0.15) is 12.1 Å². The van der Waals surface area contributed by atoms with Crippen molar-refractivity contribution >= 4 is 5.88 Å². The first-order chi connectivity index (χ1) is 10.3. The van der Waals surface area contributed by atoms with Crippen molar-refractivity contribution < 1.29 is 13.9 Å². The normalized spacial score (nSPS) is 10.1. The molecule has 0 aliphatic heterocycles. The van der Waals surface area contributed by atoms with Crippen LogP contribution in [0.15, 0.2) is 28.7 Å². The first-order valence-electron chi connectivity index (χ1n) is 6.56. The molecule has 0 saturated carbocycles. The van der Waals surface area contributed by atoms with Crippen LogP contribution in [-0.2, 0) is 4.74 Å². The van der Waals surface area contributed by atoms with Crippen molar-refractivity contribution in [2.24, 2.45) is 0 Å². The Hall–Kier alpha value is -2.52. The number of nitrogens with one attached hydrogen (secondary N) is 1. The topological polar surface area (TPSA) is 80.3 Å². The highest BCUT2D eigenvalue weighted by Gasteiger charge is 2.14. The quantitative estimate of drug-likeness (QED) is 0.789. The van der Waals surface area contributed by atoms with Crippen LogP contribution in [0.2, 0.25) is 0 Å². The van der Waals surface area contributed by atoms with Crippen LogP contribution in [0.3, 0.4) is 0 Å². The highest BCUT2D eigenvalue weighted by Crippen LogP contribution is 2.26. The smallest absolute Gasteiger partial charge is 0.232 e. The van der Waals surface area contributed by atoms with E-state index in [9.17, 15) is 0 Å². The number of ether oxygens (including phenoxy) is 2. The first-order valence-corrected chi connectivity index (χ1v) is 6.56. The highest BCUT2D eigenvalue weighted by atomic mass is 16.5. The van der Waals surface area contributed by atoms with Crippen molar-refractivity contribution in [3.63, 3.8) is 0 Å². The average molecular weight is 287 g/mol. The van der Waals surface area contributed by atoms with Gasteiger partial charge in [-0.2, -0.15) is 10.2 Å². The standard InChI is InChI=1S/C15H17N3O3/c1-19-9-3-8-17-15-13(10-16)18-14(21-15)11-4-6-12(20-2)7-5-11/h4-7,17H,3,8-9H2,1-2H3. The van der Waals surface area contributed by atoms with Crippen LogP contribution in [-0.4, -0.2) is 32.4 Å². The highest BCUT2D eigenvalue weighted by molar-refractivity contribution is 5.59. The summed E-state index contributed by atoms with van der Waals surface area (Å²) in [6.45, 7) is 1.30. The number of oxazole rings is 1. The Balaban J connectivity index is 2.13. The van der Waals surface area contributed by atoms with Crippen LogP contribution < -0.4 is 10.1 Å². The number of methoxy groups -OCH3 is 2. The molecule has 0 atom stereocenters. The van der Waals surface area contributed by atoms with E-state index in [0.717, 1.165) is 17.7 Å². The average Bonchev–Trinajstić information content (AvgIpc) is 2.95. The number of hydrogen-bond acceptors (Lipinski definition) is 6. The van der Waals surface area contributed by atoms with Gasteiger partial charge in [0.25, 0.3) is 0 Å². The zero-order valence-corrected chi connectivity index (χ0v) is 12.0. The lowest BCUT2D eigenvalue weighted by atomic mass is 10.2. The van der Waals surface area contributed by atoms with E-state index in [1.54, 1.807) is 14.2 Å². The van der Waals surface area contributed by atoms with Crippen molar-refractivity contribution in [1.29, 1.82) is 5.26 Å². The minimum Gasteiger partial charge on any atom is -0.497 e. The van der Waals surface area contributed by atoms with Gasteiger partial charge in [0, 0.05) is 25.8 Å². The molecule has 0 aliphatic carbocycles. The van der Waals surface area contributed by atoms with Crippen LogP contribution in [0, 0.1) is 11.3 Å². The lowest BCUT2D eigenvalue weighted by Gasteiger charge is -2.02. The number of hydrogen-bond donors (Lipinski definition) is 1. The van der Waals surface area contributed by atoms with Gasteiger partial charge in [-0.15, -0.1) is 0 Å². The summed E-state index contributed by atoms with van der Waals surface area (Å²) in [5.41, 5.74) is 1.04. The maximum atomic E-state index is 9.11. The predicted molar refractivity (Wildman–Crippen MR) is 78.2 cm³/mol. The van der Waals surface area contributed by atoms with Gasteiger partial charge in [-0.3, -0.25) is 0 Å². The molecule has 2 rings (SSSR count). The molecular weight excluding hydrogens is 270 g/mol. The lowest BCUT2D eigenvalue weighted by Crippen LogP contribution is -2.04. The van der Waals surface area contributed by atoms with Crippen molar-refractivity contribution in [1.82, 2.24) is 4.98 Å². The van der Waals surface area contributed by atoms with Gasteiger partial charge in [0.1, 0.15) is 11.8 Å². The number of anilines is 1. The number of benzene rings is 1. The van der Waals surface area contributed by atoms with Crippen molar-refractivity contribution in [3.8, 4) is 23.3 Å². The molecule has 6 nitrogen and oxygen atoms in total. The van der Waals surface area contributed by atoms with Gasteiger partial charge in [0.2, 0.25) is 17.5 Å². The Morgan fingerprint density at radius 3 is 2.67 bits per heavy atom. The van der Waals surface area contributed by atoms with Gasteiger partial charge in [-0.05, 0) is 30.7 Å². The molecule has 2 aromatic rings. The summed E-state index contributed by atoms with van der Waals surface area (Å²) in [6, 6.07) is 9.33. The third-order valence-corrected chi connectivity index (χ3v) is 2.88. The zero-order chi connectivity index (χ0) is 15.1. The third kappa shape index (κ3) is 3.74. The number of aromatic nitrogens is 1. The summed E-state index contributed by atoms with van der Waals surface area (Å²) >= 11 is 0. The summed E-state index contributed by atoms with van der Waals surface area (Å²) in [5.74, 6) is 1.55. The van der Waals surface area contributed by atoms with E-state index < -0.39 is 0 Å². The molecule has 1 aromatic heterocycles. The molecule has 110 valence electrons. The molecule has 0 saturated heterocycles. The first kappa shape index (κ1) is 14.9. The molecule has 21 heavy (non-hydrogen) atoms. The van der Waals surface area contributed by atoms with Gasteiger partial charge in [-0.1, -0.05) is 0 Å². The fraction of sp³-hybridized carbons (Fsp3) is 0.333. The van der Waals surface area contributed by atoms with Gasteiger partial charge in [0.15, 0.2) is 0 Å². The van der Waals surface area contributed by atoms with E-state index in [1.165, 1.54) is 0 Å². The van der Waals surface area contributed by atoms with E-state index in [1.807, 2.05) is 30.3 Å². The van der Waals surface area contributed by atoms with Gasteiger partial charge in [0.05, 0.1) is 7.11 Å². The van der Waals surface area contributed by atoms with E-state index in [2.05, 4.69) is 10.3 Å². The summed E-state index contributed by atoms with van der Waals surface area (Å²) in [6.07, 6.45) is 0.819. The maximum Gasteiger partial charge on any atom is 0.232 e. The maximum absolute atomic E-state index is 9.11. The predicted octanol–water partition coefficient (Wildman–Crippen LogP) is 2.67. The second-order valence-corrected chi connectivity index (χ2v) is 4.31. The third-order valence-electron chi connectivity index (χ3n) is 2.88. The van der Waals surface area contributed by atoms with Crippen molar-refractivity contribution in [3.05, 3.63) is 30.0 Å². The summed E-state index contributed by atoms with van der Waals surface area (Å²) < 4.78 is 15.7. The lowest BCUT2D eigenvalue weighted by molar-refractivity contribution is 0.197. The van der Waals surface area contributed by atoms with E-state index in [0.29, 0.717) is 24.9 Å². The monoisotopic (exact) mass is 287 g/mol. The second kappa shape index (κ2) is 7.31. The fourth-order valence-electron chi connectivity index (χ4n) is 1.79. The summed E-state index contributed by atoms with van der Waals surface area (Å²) in [7, 11) is 3.26. The van der Waals surface area contributed by atoms with Crippen LogP contribution in [0.25, 0.3) is 11.5 Å². The van der Waals surface area contributed by atoms with Gasteiger partial charge >= 0.3 is 0 Å². The van der Waals surface area contributed by atoms with Crippen LogP contribution in [0.4, 0.5) is 5.88 Å². The number of nitriles is 1. The molecular formula is C15H17N3O3. The Morgan fingerprint density at radius 2 is 2.05 bits per heavy atom.